The topological polar surface area (TPSA) is 63.8 Å². The van der Waals surface area contributed by atoms with Gasteiger partial charge >= 0.3 is 0 Å². The second kappa shape index (κ2) is 3.08. The Hall–Kier alpha value is -1.39. The van der Waals surface area contributed by atoms with Gasteiger partial charge in [-0.05, 0) is 18.3 Å². The molecule has 4 nitrogen and oxygen atoms in total. The first-order valence-corrected chi connectivity index (χ1v) is 4.61. The molecule has 0 spiro atoms. The van der Waals surface area contributed by atoms with Gasteiger partial charge < -0.3 is 11.1 Å². The molecule has 1 aliphatic carbocycles. The molecular weight excluding hydrogens is 183 g/mol. The van der Waals surface area contributed by atoms with Crippen LogP contribution >= 0.6 is 0 Å². The Morgan fingerprint density at radius 1 is 1.57 bits per heavy atom. The molecule has 1 aliphatic rings. The van der Waals surface area contributed by atoms with Gasteiger partial charge in [-0.25, -0.2) is 9.97 Å². The average molecular weight is 196 g/mol. The minimum absolute atomic E-state index is 0.00301. The van der Waals surface area contributed by atoms with Crippen LogP contribution in [-0.4, -0.2) is 16.5 Å². The Morgan fingerprint density at radius 3 is 2.93 bits per heavy atom. The number of nitrogen functional groups attached to an aromatic ring is 1. The van der Waals surface area contributed by atoms with Gasteiger partial charge in [0.15, 0.2) is 5.82 Å². The number of rotatable bonds is 3. The lowest BCUT2D eigenvalue weighted by Gasteiger charge is -2.11. The highest BCUT2D eigenvalue weighted by atomic mass is 19.1. The molecule has 1 aromatic heterocycles. The predicted molar refractivity (Wildman–Crippen MR) is 52.2 cm³/mol. The monoisotopic (exact) mass is 196 g/mol. The van der Waals surface area contributed by atoms with Crippen LogP contribution in [0, 0.1) is 11.4 Å². The van der Waals surface area contributed by atoms with E-state index in [4.69, 9.17) is 5.73 Å². The Balaban J connectivity index is 2.05. The van der Waals surface area contributed by atoms with E-state index in [2.05, 4.69) is 22.2 Å². The molecule has 0 aromatic carbocycles. The molecule has 1 heterocycles. The smallest absolute Gasteiger partial charge is 0.241 e. The van der Waals surface area contributed by atoms with Gasteiger partial charge in [0.05, 0.1) is 0 Å². The summed E-state index contributed by atoms with van der Waals surface area (Å²) in [5.41, 5.74) is 5.81. The lowest BCUT2D eigenvalue weighted by molar-refractivity contribution is 0.582. The Labute approximate surface area is 81.7 Å². The maximum atomic E-state index is 12.9. The van der Waals surface area contributed by atoms with E-state index in [1.54, 1.807) is 0 Å². The van der Waals surface area contributed by atoms with Crippen molar-refractivity contribution < 1.29 is 4.39 Å². The van der Waals surface area contributed by atoms with Crippen LogP contribution in [0.4, 0.5) is 15.9 Å². The van der Waals surface area contributed by atoms with Gasteiger partial charge in [-0.15, -0.1) is 0 Å². The summed E-state index contributed by atoms with van der Waals surface area (Å²) in [6, 6.07) is 0. The van der Waals surface area contributed by atoms with Gasteiger partial charge in [0.2, 0.25) is 5.95 Å². The van der Waals surface area contributed by atoms with E-state index < -0.39 is 5.95 Å². The van der Waals surface area contributed by atoms with Crippen LogP contribution in [0.3, 0.4) is 0 Å². The van der Waals surface area contributed by atoms with E-state index in [0.717, 1.165) is 6.54 Å². The molecular formula is C9H13FN4. The molecule has 0 aliphatic heterocycles. The fraction of sp³-hybridized carbons (Fsp3) is 0.556. The molecule has 76 valence electrons. The van der Waals surface area contributed by atoms with Gasteiger partial charge in [-0.2, -0.15) is 4.39 Å². The van der Waals surface area contributed by atoms with E-state index >= 15 is 0 Å². The van der Waals surface area contributed by atoms with Crippen LogP contribution in [0.5, 0.6) is 0 Å². The van der Waals surface area contributed by atoms with Crippen molar-refractivity contribution in [3.8, 4) is 0 Å². The fourth-order valence-corrected chi connectivity index (χ4v) is 1.20. The van der Waals surface area contributed by atoms with Crippen LogP contribution in [0.2, 0.25) is 0 Å². The minimum Gasteiger partial charge on any atom is -0.392 e. The third-order valence-corrected chi connectivity index (χ3v) is 2.62. The summed E-state index contributed by atoms with van der Waals surface area (Å²) < 4.78 is 12.9. The van der Waals surface area contributed by atoms with Crippen LogP contribution in [0.25, 0.3) is 0 Å². The van der Waals surface area contributed by atoms with Crippen LogP contribution in [-0.2, 0) is 0 Å². The first kappa shape index (κ1) is 9.18. The van der Waals surface area contributed by atoms with E-state index in [-0.39, 0.29) is 5.69 Å². The molecule has 14 heavy (non-hydrogen) atoms. The minimum atomic E-state index is -0.663. The van der Waals surface area contributed by atoms with Crippen molar-refractivity contribution in [2.75, 3.05) is 17.6 Å². The third-order valence-electron chi connectivity index (χ3n) is 2.62. The quantitative estimate of drug-likeness (QED) is 0.717. The molecule has 0 bridgehead atoms. The molecule has 3 N–H and O–H groups in total. The van der Waals surface area contributed by atoms with Crippen molar-refractivity contribution >= 4 is 11.5 Å². The van der Waals surface area contributed by atoms with Crippen molar-refractivity contribution in [2.45, 2.75) is 19.8 Å². The molecule has 0 amide bonds. The second-order valence-corrected chi connectivity index (χ2v) is 4.09. The molecule has 1 fully saturated rings. The Bertz CT molecular complexity index is 349. The summed E-state index contributed by atoms with van der Waals surface area (Å²) >= 11 is 0. The number of anilines is 2. The van der Waals surface area contributed by atoms with E-state index in [1.165, 1.54) is 19.2 Å². The van der Waals surface area contributed by atoms with Crippen LogP contribution < -0.4 is 11.1 Å². The number of aromatic nitrogens is 2. The zero-order chi connectivity index (χ0) is 10.2. The molecule has 2 rings (SSSR count). The summed E-state index contributed by atoms with van der Waals surface area (Å²) in [7, 11) is 0. The van der Waals surface area contributed by atoms with Crippen molar-refractivity contribution in [3.05, 3.63) is 12.3 Å². The Morgan fingerprint density at radius 2 is 2.29 bits per heavy atom. The van der Waals surface area contributed by atoms with Gasteiger partial charge in [0, 0.05) is 6.54 Å². The number of nitrogens with two attached hydrogens (primary N) is 1. The SMILES string of the molecule is CC1(CNc2ncnc(F)c2N)CC1. The van der Waals surface area contributed by atoms with Crippen molar-refractivity contribution in [1.82, 2.24) is 9.97 Å². The zero-order valence-electron chi connectivity index (χ0n) is 8.05. The maximum absolute atomic E-state index is 12.9. The molecule has 0 saturated heterocycles. The first-order valence-electron chi connectivity index (χ1n) is 4.61. The molecule has 0 atom stereocenters. The van der Waals surface area contributed by atoms with E-state index in [0.29, 0.717) is 11.2 Å². The van der Waals surface area contributed by atoms with Gasteiger partial charge in [0.25, 0.3) is 0 Å². The predicted octanol–water partition coefficient (Wildman–Crippen LogP) is 1.41. The normalized spacial score (nSPS) is 17.9. The third kappa shape index (κ3) is 1.76. The fourth-order valence-electron chi connectivity index (χ4n) is 1.20. The summed E-state index contributed by atoms with van der Waals surface area (Å²) in [6.45, 7) is 2.96. The average Bonchev–Trinajstić information content (AvgIpc) is 2.88. The summed E-state index contributed by atoms with van der Waals surface area (Å²) in [5, 5.41) is 3.04. The highest BCUT2D eigenvalue weighted by Crippen LogP contribution is 2.44. The molecule has 0 unspecified atom stereocenters. The highest BCUT2D eigenvalue weighted by Gasteiger charge is 2.37. The highest BCUT2D eigenvalue weighted by molar-refractivity contribution is 5.59. The maximum Gasteiger partial charge on any atom is 0.241 e. The molecule has 5 heteroatoms. The lowest BCUT2D eigenvalue weighted by Crippen LogP contribution is -2.14. The number of hydrogen-bond donors (Lipinski definition) is 2. The van der Waals surface area contributed by atoms with Crippen molar-refractivity contribution in [2.24, 2.45) is 5.41 Å². The largest absolute Gasteiger partial charge is 0.392 e. The number of nitrogens with one attached hydrogen (secondary N) is 1. The Kier molecular flexibility index (Phi) is 2.02. The summed E-state index contributed by atoms with van der Waals surface area (Å²) in [5.74, 6) is -0.269. The summed E-state index contributed by atoms with van der Waals surface area (Å²) in [6.07, 6.45) is 3.57. The lowest BCUT2D eigenvalue weighted by atomic mass is 10.1. The summed E-state index contributed by atoms with van der Waals surface area (Å²) in [4.78, 5) is 7.24. The van der Waals surface area contributed by atoms with Crippen molar-refractivity contribution in [3.63, 3.8) is 0 Å². The van der Waals surface area contributed by atoms with Gasteiger partial charge in [-0.1, -0.05) is 6.92 Å². The van der Waals surface area contributed by atoms with Gasteiger partial charge in [0.1, 0.15) is 12.0 Å². The number of halogens is 1. The number of hydrogen-bond acceptors (Lipinski definition) is 4. The second-order valence-electron chi connectivity index (χ2n) is 4.09. The van der Waals surface area contributed by atoms with Crippen LogP contribution in [0.1, 0.15) is 19.8 Å². The van der Waals surface area contributed by atoms with Crippen LogP contribution in [0.15, 0.2) is 6.33 Å². The van der Waals surface area contributed by atoms with E-state index in [9.17, 15) is 4.39 Å². The van der Waals surface area contributed by atoms with E-state index in [1.807, 2.05) is 0 Å². The zero-order valence-corrected chi connectivity index (χ0v) is 8.05. The van der Waals surface area contributed by atoms with Gasteiger partial charge in [-0.3, -0.25) is 0 Å². The molecule has 1 aromatic rings. The van der Waals surface area contributed by atoms with Crippen molar-refractivity contribution in [1.29, 1.82) is 0 Å². The standard InChI is InChI=1S/C9H13FN4/c1-9(2-3-9)4-12-8-6(11)7(10)13-5-14-8/h5H,2-4,11H2,1H3,(H,12,13,14). The first-order chi connectivity index (χ1) is 6.61. The molecule has 0 radical (unpaired) electrons. The number of nitrogens with zero attached hydrogens (tertiary/aromatic N) is 2. The molecule has 1 saturated carbocycles.